The highest BCUT2D eigenvalue weighted by Gasteiger charge is 2.15. The van der Waals surface area contributed by atoms with E-state index >= 15 is 0 Å². The van der Waals surface area contributed by atoms with E-state index in [0.29, 0.717) is 22.8 Å². The smallest absolute Gasteiger partial charge is 0.238 e. The summed E-state index contributed by atoms with van der Waals surface area (Å²) in [6.07, 6.45) is 4.05. The maximum Gasteiger partial charge on any atom is 0.238 e. The summed E-state index contributed by atoms with van der Waals surface area (Å²) in [6.45, 7) is 3.51. The highest BCUT2D eigenvalue weighted by Crippen LogP contribution is 2.25. The van der Waals surface area contributed by atoms with Crippen molar-refractivity contribution in [3.63, 3.8) is 0 Å². The summed E-state index contributed by atoms with van der Waals surface area (Å²) < 4.78 is 16.8. The van der Waals surface area contributed by atoms with Crippen LogP contribution in [0.5, 0.6) is 0 Å². The monoisotopic (exact) mass is 326 g/mol. The molecule has 0 bridgehead atoms. The summed E-state index contributed by atoms with van der Waals surface area (Å²) in [5.74, 6) is 0.876. The van der Waals surface area contributed by atoms with E-state index in [0.717, 1.165) is 11.1 Å². The lowest BCUT2D eigenvalue weighted by molar-refractivity contribution is 0.321. The second-order valence-corrected chi connectivity index (χ2v) is 5.63. The topological polar surface area (TPSA) is 99.8 Å². The molecule has 0 aliphatic heterocycles. The van der Waals surface area contributed by atoms with Crippen molar-refractivity contribution < 1.29 is 4.39 Å². The van der Waals surface area contributed by atoms with Gasteiger partial charge < -0.3 is 10.3 Å². The first-order chi connectivity index (χ1) is 11.5. The molecule has 1 unspecified atom stereocenters. The molecular formula is C15H15FN8. The number of nitrogens with two attached hydrogens (primary N) is 1. The third kappa shape index (κ3) is 2.25. The molecule has 0 aliphatic rings. The molecule has 4 rings (SSSR count). The second kappa shape index (κ2) is 5.22. The Bertz CT molecular complexity index is 1050. The van der Waals surface area contributed by atoms with Crippen LogP contribution in [0.2, 0.25) is 0 Å². The molecular weight excluding hydrogens is 311 g/mol. The minimum atomic E-state index is -1.00. The summed E-state index contributed by atoms with van der Waals surface area (Å²) in [5, 5.41) is 4.11. The molecule has 122 valence electrons. The van der Waals surface area contributed by atoms with Crippen molar-refractivity contribution in [2.75, 3.05) is 5.73 Å². The van der Waals surface area contributed by atoms with E-state index < -0.39 is 6.17 Å². The van der Waals surface area contributed by atoms with Gasteiger partial charge in [0.05, 0.1) is 30.1 Å². The maximum absolute atomic E-state index is 13.5. The van der Waals surface area contributed by atoms with Crippen LogP contribution in [-0.2, 0) is 6.54 Å². The standard InChI is InChI=1S/C15H15FN8/c1-8(16)7-23-9(2)20-13-14(23)21-11(5-18-13)10-3-4-24-12(10)6-19-15(17)22-24/h3-6,8H,7H2,1-2H3,(H2,17,22). The maximum atomic E-state index is 13.5. The highest BCUT2D eigenvalue weighted by atomic mass is 19.1. The zero-order chi connectivity index (χ0) is 16.8. The number of imidazole rings is 1. The number of alkyl halides is 1. The summed E-state index contributed by atoms with van der Waals surface area (Å²) >= 11 is 0. The summed E-state index contributed by atoms with van der Waals surface area (Å²) in [7, 11) is 0. The molecule has 0 aromatic carbocycles. The van der Waals surface area contributed by atoms with Crippen molar-refractivity contribution in [2.45, 2.75) is 26.6 Å². The molecule has 8 nitrogen and oxygen atoms in total. The molecule has 1 atom stereocenters. The van der Waals surface area contributed by atoms with Crippen LogP contribution in [0, 0.1) is 6.92 Å². The Hall–Kier alpha value is -3.10. The van der Waals surface area contributed by atoms with Gasteiger partial charge in [0.1, 0.15) is 12.0 Å². The lowest BCUT2D eigenvalue weighted by atomic mass is 10.2. The molecule has 4 aromatic rings. The molecule has 4 aromatic heterocycles. The fourth-order valence-corrected chi connectivity index (χ4v) is 2.73. The van der Waals surface area contributed by atoms with Crippen LogP contribution in [-0.4, -0.2) is 40.3 Å². The number of nitrogens with zero attached hydrogens (tertiary/aromatic N) is 7. The largest absolute Gasteiger partial charge is 0.367 e. The molecule has 0 fully saturated rings. The lowest BCUT2D eigenvalue weighted by Gasteiger charge is -2.07. The first-order valence-corrected chi connectivity index (χ1v) is 7.47. The number of nitrogen functional groups attached to an aromatic ring is 1. The second-order valence-electron chi connectivity index (χ2n) is 5.63. The van der Waals surface area contributed by atoms with Gasteiger partial charge in [0, 0.05) is 11.8 Å². The van der Waals surface area contributed by atoms with Gasteiger partial charge in [-0.25, -0.2) is 28.8 Å². The minimum Gasteiger partial charge on any atom is -0.367 e. The van der Waals surface area contributed by atoms with Crippen molar-refractivity contribution in [1.29, 1.82) is 0 Å². The summed E-state index contributed by atoms with van der Waals surface area (Å²) in [6, 6.07) is 1.87. The Kier molecular flexibility index (Phi) is 3.15. The first-order valence-electron chi connectivity index (χ1n) is 7.47. The van der Waals surface area contributed by atoms with Gasteiger partial charge in [0.15, 0.2) is 11.3 Å². The Morgan fingerprint density at radius 3 is 2.88 bits per heavy atom. The van der Waals surface area contributed by atoms with Gasteiger partial charge in [0.25, 0.3) is 0 Å². The minimum absolute atomic E-state index is 0.191. The molecule has 4 heterocycles. The average Bonchev–Trinajstić information content (AvgIpc) is 3.08. The molecule has 24 heavy (non-hydrogen) atoms. The molecule has 0 saturated heterocycles. The van der Waals surface area contributed by atoms with Gasteiger partial charge in [-0.05, 0) is 19.9 Å². The zero-order valence-electron chi connectivity index (χ0n) is 13.2. The fourth-order valence-electron chi connectivity index (χ4n) is 2.73. The number of hydrogen-bond acceptors (Lipinski definition) is 6. The van der Waals surface area contributed by atoms with Crippen molar-refractivity contribution in [3.05, 3.63) is 30.5 Å². The summed E-state index contributed by atoms with van der Waals surface area (Å²) in [4.78, 5) is 17.4. The van der Waals surface area contributed by atoms with Crippen molar-refractivity contribution >= 4 is 22.8 Å². The van der Waals surface area contributed by atoms with Gasteiger partial charge in [-0.1, -0.05) is 0 Å². The average molecular weight is 326 g/mol. The van der Waals surface area contributed by atoms with Crippen LogP contribution in [0.25, 0.3) is 28.1 Å². The molecule has 0 saturated carbocycles. The van der Waals surface area contributed by atoms with Gasteiger partial charge in [-0.3, -0.25) is 0 Å². The first kappa shape index (κ1) is 14.5. The molecule has 2 N–H and O–H groups in total. The van der Waals surface area contributed by atoms with E-state index in [1.54, 1.807) is 27.7 Å². The van der Waals surface area contributed by atoms with Gasteiger partial charge in [0.2, 0.25) is 5.95 Å². The molecule has 0 radical (unpaired) electrons. The number of rotatable bonds is 3. The quantitative estimate of drug-likeness (QED) is 0.616. The SMILES string of the molecule is Cc1nc2ncc(-c3ccn4nc(N)ncc34)nc2n1CC(C)F. The normalized spacial score (nSPS) is 13.0. The van der Waals surface area contributed by atoms with E-state index in [4.69, 9.17) is 5.73 Å². The highest BCUT2D eigenvalue weighted by molar-refractivity contribution is 5.80. The predicted octanol–water partition coefficient (Wildman–Crippen LogP) is 1.78. The van der Waals surface area contributed by atoms with E-state index in [1.165, 1.54) is 6.92 Å². The number of aromatic nitrogens is 7. The zero-order valence-corrected chi connectivity index (χ0v) is 13.2. The third-order valence-corrected chi connectivity index (χ3v) is 3.79. The number of hydrogen-bond donors (Lipinski definition) is 1. The summed E-state index contributed by atoms with van der Waals surface area (Å²) in [5.41, 5.74) is 8.89. The number of aryl methyl sites for hydroxylation is 1. The van der Waals surface area contributed by atoms with Crippen LogP contribution in [0.1, 0.15) is 12.7 Å². The van der Waals surface area contributed by atoms with Crippen LogP contribution < -0.4 is 5.73 Å². The molecule has 0 spiro atoms. The van der Waals surface area contributed by atoms with Crippen LogP contribution in [0.4, 0.5) is 10.3 Å². The van der Waals surface area contributed by atoms with E-state index in [1.807, 2.05) is 13.0 Å². The Labute approximate surface area is 136 Å². The van der Waals surface area contributed by atoms with E-state index in [2.05, 4.69) is 25.0 Å². The van der Waals surface area contributed by atoms with Crippen molar-refractivity contribution in [1.82, 2.24) is 34.1 Å². The predicted molar refractivity (Wildman–Crippen MR) is 87.0 cm³/mol. The number of halogens is 1. The lowest BCUT2D eigenvalue weighted by Crippen LogP contribution is -2.10. The van der Waals surface area contributed by atoms with Gasteiger partial charge >= 0.3 is 0 Å². The third-order valence-electron chi connectivity index (χ3n) is 3.79. The van der Waals surface area contributed by atoms with E-state index in [9.17, 15) is 4.39 Å². The number of fused-ring (bicyclic) bond motifs is 2. The van der Waals surface area contributed by atoms with Gasteiger partial charge in [-0.2, -0.15) is 0 Å². The Balaban J connectivity index is 1.90. The van der Waals surface area contributed by atoms with Crippen LogP contribution in [0.3, 0.4) is 0 Å². The van der Waals surface area contributed by atoms with Gasteiger partial charge in [-0.15, -0.1) is 5.10 Å². The Morgan fingerprint density at radius 2 is 2.08 bits per heavy atom. The molecule has 0 aliphatic carbocycles. The molecule has 0 amide bonds. The van der Waals surface area contributed by atoms with Crippen molar-refractivity contribution in [3.8, 4) is 11.3 Å². The van der Waals surface area contributed by atoms with Crippen LogP contribution >= 0.6 is 0 Å². The number of anilines is 1. The van der Waals surface area contributed by atoms with Crippen molar-refractivity contribution in [2.24, 2.45) is 0 Å². The van der Waals surface area contributed by atoms with Crippen LogP contribution in [0.15, 0.2) is 24.7 Å². The fraction of sp³-hybridized carbons (Fsp3) is 0.267. The Morgan fingerprint density at radius 1 is 1.25 bits per heavy atom. The molecule has 9 heteroatoms. The van der Waals surface area contributed by atoms with E-state index in [-0.39, 0.29) is 12.5 Å².